The SMILES string of the molecule is C=C(COCC[C@@H]1CCCC(C)(C)C1)c1ccccc1. The van der Waals surface area contributed by atoms with Crippen LogP contribution in [0.2, 0.25) is 0 Å². The summed E-state index contributed by atoms with van der Waals surface area (Å²) in [5.41, 5.74) is 2.80. The largest absolute Gasteiger partial charge is 0.377 e. The lowest BCUT2D eigenvalue weighted by atomic mass is 9.71. The van der Waals surface area contributed by atoms with E-state index in [4.69, 9.17) is 4.74 Å². The molecule has 1 fully saturated rings. The third-order valence-corrected chi connectivity index (χ3v) is 4.44. The van der Waals surface area contributed by atoms with Crippen LogP contribution in [0, 0.1) is 11.3 Å². The number of hydrogen-bond acceptors (Lipinski definition) is 1. The molecule has 1 nitrogen and oxygen atoms in total. The van der Waals surface area contributed by atoms with Crippen LogP contribution in [-0.2, 0) is 4.74 Å². The molecule has 0 spiro atoms. The van der Waals surface area contributed by atoms with E-state index in [1.807, 2.05) is 18.2 Å². The molecule has 1 heteroatoms. The Morgan fingerprint density at radius 1 is 1.30 bits per heavy atom. The topological polar surface area (TPSA) is 9.23 Å². The summed E-state index contributed by atoms with van der Waals surface area (Å²) in [4.78, 5) is 0. The van der Waals surface area contributed by atoms with Crippen molar-refractivity contribution in [3.63, 3.8) is 0 Å². The maximum absolute atomic E-state index is 5.82. The van der Waals surface area contributed by atoms with Crippen LogP contribution < -0.4 is 0 Å². The van der Waals surface area contributed by atoms with Gasteiger partial charge in [-0.25, -0.2) is 0 Å². The van der Waals surface area contributed by atoms with Crippen molar-refractivity contribution in [2.24, 2.45) is 11.3 Å². The summed E-state index contributed by atoms with van der Waals surface area (Å²) < 4.78 is 5.82. The molecule has 110 valence electrons. The minimum absolute atomic E-state index is 0.538. The average Bonchev–Trinajstić information content (AvgIpc) is 2.43. The van der Waals surface area contributed by atoms with Crippen molar-refractivity contribution in [2.45, 2.75) is 46.0 Å². The first-order chi connectivity index (χ1) is 9.57. The molecule has 0 unspecified atom stereocenters. The van der Waals surface area contributed by atoms with Gasteiger partial charge in [0.05, 0.1) is 6.61 Å². The Morgan fingerprint density at radius 2 is 2.05 bits per heavy atom. The Balaban J connectivity index is 1.65. The van der Waals surface area contributed by atoms with Gasteiger partial charge in [0.15, 0.2) is 0 Å². The molecular weight excluding hydrogens is 244 g/mol. The summed E-state index contributed by atoms with van der Waals surface area (Å²) in [6.45, 7) is 10.4. The summed E-state index contributed by atoms with van der Waals surface area (Å²) in [5, 5.41) is 0. The van der Waals surface area contributed by atoms with Crippen LogP contribution >= 0.6 is 0 Å². The van der Waals surface area contributed by atoms with E-state index in [0.29, 0.717) is 12.0 Å². The summed E-state index contributed by atoms with van der Waals surface area (Å²) >= 11 is 0. The highest BCUT2D eigenvalue weighted by atomic mass is 16.5. The van der Waals surface area contributed by atoms with Gasteiger partial charge in [0.2, 0.25) is 0 Å². The van der Waals surface area contributed by atoms with Crippen molar-refractivity contribution in [3.8, 4) is 0 Å². The number of hydrogen-bond donors (Lipinski definition) is 0. The molecule has 20 heavy (non-hydrogen) atoms. The summed E-state index contributed by atoms with van der Waals surface area (Å²) in [5.74, 6) is 0.851. The monoisotopic (exact) mass is 272 g/mol. The molecule has 2 rings (SSSR count). The van der Waals surface area contributed by atoms with Gasteiger partial charge in [-0.2, -0.15) is 0 Å². The van der Waals surface area contributed by atoms with E-state index in [0.717, 1.165) is 18.1 Å². The van der Waals surface area contributed by atoms with Gasteiger partial charge >= 0.3 is 0 Å². The van der Waals surface area contributed by atoms with Crippen LogP contribution in [0.3, 0.4) is 0 Å². The van der Waals surface area contributed by atoms with Crippen LogP contribution in [0.25, 0.3) is 5.57 Å². The zero-order chi connectivity index (χ0) is 14.4. The first-order valence-corrected chi connectivity index (χ1v) is 7.88. The average molecular weight is 272 g/mol. The standard InChI is InChI=1S/C19H28O/c1-16(18-9-5-4-6-10-18)15-20-13-11-17-8-7-12-19(2,3)14-17/h4-6,9-10,17H,1,7-8,11-15H2,2-3H3/t17-/m0/s1. The fraction of sp³-hybridized carbons (Fsp3) is 0.579. The fourth-order valence-corrected chi connectivity index (χ4v) is 3.30. The second kappa shape index (κ2) is 7.08. The van der Waals surface area contributed by atoms with E-state index in [9.17, 15) is 0 Å². The maximum atomic E-state index is 5.82. The molecule has 0 amide bonds. The van der Waals surface area contributed by atoms with Crippen molar-refractivity contribution < 1.29 is 4.74 Å². The normalized spacial score (nSPS) is 21.6. The highest BCUT2D eigenvalue weighted by molar-refractivity contribution is 5.63. The second-order valence-electron chi connectivity index (χ2n) is 6.94. The van der Waals surface area contributed by atoms with E-state index >= 15 is 0 Å². The molecule has 0 N–H and O–H groups in total. The highest BCUT2D eigenvalue weighted by Gasteiger charge is 2.27. The molecule has 0 bridgehead atoms. The van der Waals surface area contributed by atoms with E-state index < -0.39 is 0 Å². The van der Waals surface area contributed by atoms with E-state index in [1.54, 1.807) is 0 Å². The maximum Gasteiger partial charge on any atom is 0.0716 e. The van der Waals surface area contributed by atoms with Gasteiger partial charge in [-0.15, -0.1) is 0 Å². The third kappa shape index (κ3) is 4.79. The van der Waals surface area contributed by atoms with E-state index in [2.05, 4.69) is 32.6 Å². The van der Waals surface area contributed by atoms with Crippen LogP contribution in [0.1, 0.15) is 51.5 Å². The Kier molecular flexibility index (Phi) is 5.42. The summed E-state index contributed by atoms with van der Waals surface area (Å²) in [7, 11) is 0. The zero-order valence-corrected chi connectivity index (χ0v) is 13.0. The highest BCUT2D eigenvalue weighted by Crippen LogP contribution is 2.39. The predicted molar refractivity (Wildman–Crippen MR) is 86.7 cm³/mol. The minimum atomic E-state index is 0.538. The van der Waals surface area contributed by atoms with Crippen LogP contribution in [0.15, 0.2) is 36.9 Å². The van der Waals surface area contributed by atoms with E-state index in [1.165, 1.54) is 37.7 Å². The predicted octanol–water partition coefficient (Wildman–Crippen LogP) is 5.32. The molecule has 0 saturated heterocycles. The lowest BCUT2D eigenvalue weighted by molar-refractivity contribution is 0.113. The summed E-state index contributed by atoms with van der Waals surface area (Å²) in [6, 6.07) is 10.3. The van der Waals surface area contributed by atoms with E-state index in [-0.39, 0.29) is 0 Å². The van der Waals surface area contributed by atoms with Gasteiger partial charge in [0.1, 0.15) is 0 Å². The molecule has 1 saturated carbocycles. The smallest absolute Gasteiger partial charge is 0.0716 e. The molecule has 1 aliphatic rings. The lowest BCUT2D eigenvalue weighted by Crippen LogP contribution is -2.23. The van der Waals surface area contributed by atoms with Crippen molar-refractivity contribution in [1.29, 1.82) is 0 Å². The van der Waals surface area contributed by atoms with Crippen LogP contribution in [0.5, 0.6) is 0 Å². The Bertz CT molecular complexity index is 419. The Morgan fingerprint density at radius 3 is 2.75 bits per heavy atom. The van der Waals surface area contributed by atoms with Crippen molar-refractivity contribution >= 4 is 5.57 Å². The first-order valence-electron chi connectivity index (χ1n) is 7.88. The van der Waals surface area contributed by atoms with Gasteiger partial charge in [0.25, 0.3) is 0 Å². The first kappa shape index (κ1) is 15.3. The van der Waals surface area contributed by atoms with Gasteiger partial charge < -0.3 is 4.74 Å². The van der Waals surface area contributed by atoms with Crippen molar-refractivity contribution in [3.05, 3.63) is 42.5 Å². The summed E-state index contributed by atoms with van der Waals surface area (Å²) in [6.07, 6.45) is 6.71. The number of rotatable bonds is 6. The van der Waals surface area contributed by atoms with Crippen molar-refractivity contribution in [1.82, 2.24) is 0 Å². The van der Waals surface area contributed by atoms with Gasteiger partial charge in [0, 0.05) is 6.61 Å². The minimum Gasteiger partial charge on any atom is -0.377 e. The van der Waals surface area contributed by atoms with Crippen LogP contribution in [0.4, 0.5) is 0 Å². The Labute approximate surface area is 124 Å². The van der Waals surface area contributed by atoms with Gasteiger partial charge in [-0.05, 0) is 41.7 Å². The molecule has 1 aliphatic carbocycles. The second-order valence-corrected chi connectivity index (χ2v) is 6.94. The molecular formula is C19H28O. The molecule has 1 aromatic rings. The molecule has 0 aromatic heterocycles. The molecule has 0 aliphatic heterocycles. The zero-order valence-electron chi connectivity index (χ0n) is 13.0. The molecule has 1 atom stereocenters. The quantitative estimate of drug-likeness (QED) is 0.637. The fourth-order valence-electron chi connectivity index (χ4n) is 3.30. The number of ether oxygens (including phenoxy) is 1. The van der Waals surface area contributed by atoms with Gasteiger partial charge in [-0.3, -0.25) is 0 Å². The van der Waals surface area contributed by atoms with Crippen LogP contribution in [-0.4, -0.2) is 13.2 Å². The molecule has 0 radical (unpaired) electrons. The molecule has 0 heterocycles. The lowest BCUT2D eigenvalue weighted by Gasteiger charge is -2.35. The number of benzene rings is 1. The third-order valence-electron chi connectivity index (χ3n) is 4.44. The Hall–Kier alpha value is -1.08. The van der Waals surface area contributed by atoms with Gasteiger partial charge in [-0.1, -0.05) is 63.6 Å². The molecule has 1 aromatic carbocycles. The van der Waals surface area contributed by atoms with Crippen molar-refractivity contribution in [2.75, 3.05) is 13.2 Å².